The predicted octanol–water partition coefficient (Wildman–Crippen LogP) is 2.72. The molecule has 0 radical (unpaired) electrons. The molecule has 0 saturated carbocycles. The smallest absolute Gasteiger partial charge is 0.407 e. The minimum absolute atomic E-state index is 0.368. The minimum Gasteiger partial charge on any atom is -0.465 e. The Balaban J connectivity index is 2.49. The maximum atomic E-state index is 11.6. The van der Waals surface area contributed by atoms with Gasteiger partial charge >= 0.3 is 12.1 Å². The molecule has 0 aliphatic heterocycles. The zero-order valence-corrected chi connectivity index (χ0v) is 13.8. The number of nitrogens with one attached hydrogen (secondary N) is 2. The minimum atomic E-state index is -0.511. The molecule has 2 N–H and O–H groups in total. The number of amides is 1. The van der Waals surface area contributed by atoms with Crippen molar-refractivity contribution in [2.75, 3.05) is 25.5 Å². The molecular formula is C16H24N2O4. The second kappa shape index (κ2) is 7.68. The van der Waals surface area contributed by atoms with Crippen molar-refractivity contribution in [3.8, 4) is 0 Å². The van der Waals surface area contributed by atoms with Crippen molar-refractivity contribution in [3.63, 3.8) is 0 Å². The van der Waals surface area contributed by atoms with Gasteiger partial charge in [-0.05, 0) is 45.4 Å². The Labute approximate surface area is 131 Å². The van der Waals surface area contributed by atoms with Gasteiger partial charge in [-0.3, -0.25) is 0 Å². The molecular weight excluding hydrogens is 284 g/mol. The molecule has 0 atom stereocenters. The third kappa shape index (κ3) is 5.63. The number of carbonyl (C=O) groups excluding carboxylic acids is 2. The number of carbonyl (C=O) groups is 2. The van der Waals surface area contributed by atoms with E-state index < -0.39 is 11.7 Å². The summed E-state index contributed by atoms with van der Waals surface area (Å²) in [5.74, 6) is -0.368. The lowest BCUT2D eigenvalue weighted by Crippen LogP contribution is -2.35. The van der Waals surface area contributed by atoms with E-state index in [-0.39, 0.29) is 5.97 Å². The van der Waals surface area contributed by atoms with Crippen molar-refractivity contribution in [1.82, 2.24) is 5.32 Å². The standard InChI is InChI=1S/C16H24N2O4/c1-11-12(14(19)21-5)7-6-8-13(11)17-9-10-18-15(20)22-16(2,3)4/h6-8,17H,9-10H2,1-5H3,(H,18,20). The summed E-state index contributed by atoms with van der Waals surface area (Å²) in [7, 11) is 1.35. The van der Waals surface area contributed by atoms with E-state index in [1.54, 1.807) is 12.1 Å². The highest BCUT2D eigenvalue weighted by molar-refractivity contribution is 5.92. The van der Waals surface area contributed by atoms with Crippen LogP contribution in [0.25, 0.3) is 0 Å². The van der Waals surface area contributed by atoms with E-state index in [1.165, 1.54) is 7.11 Å². The van der Waals surface area contributed by atoms with E-state index >= 15 is 0 Å². The number of methoxy groups -OCH3 is 1. The van der Waals surface area contributed by atoms with Crippen molar-refractivity contribution in [2.24, 2.45) is 0 Å². The Morgan fingerprint density at radius 2 is 1.86 bits per heavy atom. The first-order valence-electron chi connectivity index (χ1n) is 7.13. The summed E-state index contributed by atoms with van der Waals surface area (Å²) < 4.78 is 9.88. The Hall–Kier alpha value is -2.24. The normalized spacial score (nSPS) is 10.8. The van der Waals surface area contributed by atoms with Gasteiger partial charge in [0.25, 0.3) is 0 Å². The van der Waals surface area contributed by atoms with E-state index in [1.807, 2.05) is 33.8 Å². The van der Waals surface area contributed by atoms with Crippen LogP contribution in [-0.4, -0.2) is 37.9 Å². The van der Waals surface area contributed by atoms with Crippen LogP contribution in [0.4, 0.5) is 10.5 Å². The molecule has 6 heteroatoms. The Bertz CT molecular complexity index is 535. The highest BCUT2D eigenvalue weighted by Gasteiger charge is 2.15. The van der Waals surface area contributed by atoms with Gasteiger partial charge in [0.05, 0.1) is 12.7 Å². The third-order valence-corrected chi connectivity index (χ3v) is 2.85. The number of alkyl carbamates (subject to hydrolysis) is 1. The lowest BCUT2D eigenvalue weighted by Gasteiger charge is -2.20. The number of hydrogen-bond acceptors (Lipinski definition) is 5. The maximum Gasteiger partial charge on any atom is 0.407 e. The van der Waals surface area contributed by atoms with Crippen LogP contribution >= 0.6 is 0 Å². The molecule has 0 aliphatic rings. The topological polar surface area (TPSA) is 76.7 Å². The van der Waals surface area contributed by atoms with Crippen LogP contribution in [0.3, 0.4) is 0 Å². The van der Waals surface area contributed by atoms with E-state index in [4.69, 9.17) is 9.47 Å². The van der Waals surface area contributed by atoms with Gasteiger partial charge < -0.3 is 20.1 Å². The SMILES string of the molecule is COC(=O)c1cccc(NCCNC(=O)OC(C)(C)C)c1C. The first-order valence-corrected chi connectivity index (χ1v) is 7.13. The molecule has 1 amide bonds. The van der Waals surface area contributed by atoms with E-state index in [9.17, 15) is 9.59 Å². The Morgan fingerprint density at radius 3 is 2.45 bits per heavy atom. The fourth-order valence-electron chi connectivity index (χ4n) is 1.83. The number of hydrogen-bond donors (Lipinski definition) is 2. The summed E-state index contributed by atoms with van der Waals surface area (Å²) >= 11 is 0. The van der Waals surface area contributed by atoms with Crippen LogP contribution in [0.5, 0.6) is 0 Å². The highest BCUT2D eigenvalue weighted by Crippen LogP contribution is 2.19. The quantitative estimate of drug-likeness (QED) is 0.646. The molecule has 0 spiro atoms. The summed E-state index contributed by atoms with van der Waals surface area (Å²) in [4.78, 5) is 23.1. The lowest BCUT2D eigenvalue weighted by molar-refractivity contribution is 0.0528. The number of ether oxygens (including phenoxy) is 2. The van der Waals surface area contributed by atoms with Gasteiger partial charge in [-0.25, -0.2) is 9.59 Å². The lowest BCUT2D eigenvalue weighted by atomic mass is 10.1. The summed E-state index contributed by atoms with van der Waals surface area (Å²) in [6.45, 7) is 8.21. The summed E-state index contributed by atoms with van der Waals surface area (Å²) in [6.07, 6.45) is -0.450. The van der Waals surface area contributed by atoms with Crippen molar-refractivity contribution in [2.45, 2.75) is 33.3 Å². The molecule has 22 heavy (non-hydrogen) atoms. The number of esters is 1. The summed E-state index contributed by atoms with van der Waals surface area (Å²) in [5.41, 5.74) is 1.65. The van der Waals surface area contributed by atoms with Gasteiger partial charge in [0.2, 0.25) is 0 Å². The Kier molecular flexibility index (Phi) is 6.22. The molecule has 0 fully saturated rings. The highest BCUT2D eigenvalue weighted by atomic mass is 16.6. The first-order chi connectivity index (χ1) is 10.2. The van der Waals surface area contributed by atoms with Crippen LogP contribution < -0.4 is 10.6 Å². The van der Waals surface area contributed by atoms with Crippen LogP contribution in [0.15, 0.2) is 18.2 Å². The summed E-state index contributed by atoms with van der Waals surface area (Å²) in [6, 6.07) is 5.36. The molecule has 6 nitrogen and oxygen atoms in total. The van der Waals surface area contributed by atoms with Gasteiger partial charge in [-0.15, -0.1) is 0 Å². The van der Waals surface area contributed by atoms with Gasteiger partial charge in [0.1, 0.15) is 5.60 Å². The van der Waals surface area contributed by atoms with Gasteiger partial charge in [-0.1, -0.05) is 6.07 Å². The van der Waals surface area contributed by atoms with E-state index in [2.05, 4.69) is 10.6 Å². The first kappa shape index (κ1) is 17.8. The van der Waals surface area contributed by atoms with Crippen LogP contribution in [-0.2, 0) is 9.47 Å². The van der Waals surface area contributed by atoms with Gasteiger partial charge in [0.15, 0.2) is 0 Å². The number of benzene rings is 1. The molecule has 0 heterocycles. The third-order valence-electron chi connectivity index (χ3n) is 2.85. The van der Waals surface area contributed by atoms with Crippen LogP contribution in [0.2, 0.25) is 0 Å². The van der Waals surface area contributed by atoms with E-state index in [0.717, 1.165) is 11.3 Å². The fourth-order valence-corrected chi connectivity index (χ4v) is 1.83. The van der Waals surface area contributed by atoms with Crippen molar-refractivity contribution in [3.05, 3.63) is 29.3 Å². The second-order valence-electron chi connectivity index (χ2n) is 5.83. The Morgan fingerprint density at radius 1 is 1.18 bits per heavy atom. The molecule has 0 unspecified atom stereocenters. The second-order valence-corrected chi connectivity index (χ2v) is 5.83. The van der Waals surface area contributed by atoms with Crippen LogP contribution in [0.1, 0.15) is 36.7 Å². The van der Waals surface area contributed by atoms with Crippen molar-refractivity contribution in [1.29, 1.82) is 0 Å². The number of anilines is 1. The molecule has 0 aromatic heterocycles. The fraction of sp³-hybridized carbons (Fsp3) is 0.500. The molecule has 0 bridgehead atoms. The van der Waals surface area contributed by atoms with Crippen molar-refractivity contribution >= 4 is 17.7 Å². The molecule has 0 aliphatic carbocycles. The zero-order chi connectivity index (χ0) is 16.8. The van der Waals surface area contributed by atoms with Crippen LogP contribution in [0, 0.1) is 6.92 Å². The van der Waals surface area contributed by atoms with Gasteiger partial charge in [-0.2, -0.15) is 0 Å². The average molecular weight is 308 g/mol. The molecule has 0 saturated heterocycles. The molecule has 1 rings (SSSR count). The monoisotopic (exact) mass is 308 g/mol. The molecule has 122 valence electrons. The zero-order valence-electron chi connectivity index (χ0n) is 13.8. The largest absolute Gasteiger partial charge is 0.465 e. The van der Waals surface area contributed by atoms with E-state index in [0.29, 0.717) is 18.7 Å². The molecule has 1 aromatic carbocycles. The van der Waals surface area contributed by atoms with Gasteiger partial charge in [0, 0.05) is 18.8 Å². The number of rotatable bonds is 5. The average Bonchev–Trinajstić information content (AvgIpc) is 2.42. The molecule has 1 aromatic rings. The summed E-state index contributed by atoms with van der Waals surface area (Å²) in [5, 5.41) is 5.83. The predicted molar refractivity (Wildman–Crippen MR) is 85.2 cm³/mol. The maximum absolute atomic E-state index is 11.6. The van der Waals surface area contributed by atoms with Crippen molar-refractivity contribution < 1.29 is 19.1 Å².